The Labute approximate surface area is 120 Å². The van der Waals surface area contributed by atoms with Crippen molar-refractivity contribution < 1.29 is 9.53 Å². The molecule has 20 heavy (non-hydrogen) atoms. The van der Waals surface area contributed by atoms with Gasteiger partial charge < -0.3 is 14.5 Å². The van der Waals surface area contributed by atoms with Crippen LogP contribution in [-0.2, 0) is 16.0 Å². The van der Waals surface area contributed by atoms with Crippen molar-refractivity contribution in [2.45, 2.75) is 31.4 Å². The Bertz CT molecular complexity index is 495. The molecule has 1 amide bonds. The summed E-state index contributed by atoms with van der Waals surface area (Å²) in [5, 5.41) is 0. The highest BCUT2D eigenvalue weighted by Crippen LogP contribution is 2.30. The molecule has 4 nitrogen and oxygen atoms in total. The number of carbonyl (C=O) groups excluding carboxylic acids is 1. The van der Waals surface area contributed by atoms with Gasteiger partial charge in [-0.1, -0.05) is 18.2 Å². The average Bonchev–Trinajstić information content (AvgIpc) is 2.99. The van der Waals surface area contributed by atoms with Crippen LogP contribution in [0.1, 0.15) is 18.4 Å². The maximum Gasteiger partial charge on any atom is 0.256 e. The number of hydrogen-bond acceptors (Lipinski definition) is 3. The summed E-state index contributed by atoms with van der Waals surface area (Å²) in [6.07, 6.45) is 2.59. The van der Waals surface area contributed by atoms with Crippen LogP contribution in [0.2, 0.25) is 0 Å². The third-order valence-corrected chi connectivity index (χ3v) is 4.33. The summed E-state index contributed by atoms with van der Waals surface area (Å²) in [6.45, 7) is 1.46. The third-order valence-electron chi connectivity index (χ3n) is 4.33. The summed E-state index contributed by atoms with van der Waals surface area (Å²) < 4.78 is 5.57. The van der Waals surface area contributed by atoms with Gasteiger partial charge in [-0.2, -0.15) is 0 Å². The van der Waals surface area contributed by atoms with E-state index in [0.717, 1.165) is 31.5 Å². The lowest BCUT2D eigenvalue weighted by molar-refractivity contribution is -0.127. The number of hydrogen-bond donors (Lipinski definition) is 0. The van der Waals surface area contributed by atoms with E-state index in [1.165, 1.54) is 5.56 Å². The van der Waals surface area contributed by atoms with Crippen molar-refractivity contribution in [1.82, 2.24) is 4.90 Å². The van der Waals surface area contributed by atoms with Crippen LogP contribution in [0, 0.1) is 0 Å². The minimum absolute atomic E-state index is 0.126. The van der Waals surface area contributed by atoms with Crippen LogP contribution >= 0.6 is 0 Å². The van der Waals surface area contributed by atoms with Gasteiger partial charge in [0.15, 0.2) is 0 Å². The molecule has 2 aliphatic rings. The van der Waals surface area contributed by atoms with Crippen LogP contribution in [0.25, 0.3) is 0 Å². The van der Waals surface area contributed by atoms with Crippen LogP contribution in [0.4, 0.5) is 5.69 Å². The topological polar surface area (TPSA) is 32.8 Å². The molecule has 2 heterocycles. The number of benzene rings is 1. The van der Waals surface area contributed by atoms with Crippen molar-refractivity contribution in [3.8, 4) is 0 Å². The molecule has 0 saturated carbocycles. The summed E-state index contributed by atoms with van der Waals surface area (Å²) in [5.74, 6) is 0.126. The molecule has 2 atom stereocenters. The number of likely N-dealkylation sites (N-methyl/N-ethyl adjacent to an activating group) is 1. The second-order valence-corrected chi connectivity index (χ2v) is 5.90. The number of para-hydroxylation sites is 1. The Morgan fingerprint density at radius 1 is 1.35 bits per heavy atom. The zero-order valence-corrected chi connectivity index (χ0v) is 12.2. The number of fused-ring (bicyclic) bond motifs is 1. The molecule has 2 aliphatic heterocycles. The first kappa shape index (κ1) is 13.6. The predicted octanol–water partition coefficient (Wildman–Crippen LogP) is 1.68. The molecule has 0 aliphatic carbocycles. The van der Waals surface area contributed by atoms with E-state index in [9.17, 15) is 4.79 Å². The van der Waals surface area contributed by atoms with Crippen LogP contribution in [0.3, 0.4) is 0 Å². The molecule has 1 fully saturated rings. The number of carbonyl (C=O) groups is 1. The van der Waals surface area contributed by atoms with Crippen molar-refractivity contribution >= 4 is 11.6 Å². The van der Waals surface area contributed by atoms with E-state index in [0.29, 0.717) is 12.6 Å². The summed E-state index contributed by atoms with van der Waals surface area (Å²) in [4.78, 5) is 16.8. The Morgan fingerprint density at radius 3 is 2.85 bits per heavy atom. The second kappa shape index (κ2) is 5.54. The summed E-state index contributed by atoms with van der Waals surface area (Å²) >= 11 is 0. The molecule has 4 heteroatoms. The molecule has 0 radical (unpaired) electrons. The highest BCUT2D eigenvalue weighted by Gasteiger charge is 2.34. The zero-order valence-electron chi connectivity index (χ0n) is 12.2. The van der Waals surface area contributed by atoms with Gasteiger partial charge in [0.1, 0.15) is 6.10 Å². The van der Waals surface area contributed by atoms with Crippen molar-refractivity contribution in [1.29, 1.82) is 0 Å². The minimum Gasteiger partial charge on any atom is -0.368 e. The van der Waals surface area contributed by atoms with Gasteiger partial charge in [-0.25, -0.2) is 0 Å². The molecular formula is C16H22N2O2. The van der Waals surface area contributed by atoms with Gasteiger partial charge in [0.2, 0.25) is 0 Å². The fourth-order valence-corrected chi connectivity index (χ4v) is 3.08. The van der Waals surface area contributed by atoms with Gasteiger partial charge in [-0.15, -0.1) is 0 Å². The van der Waals surface area contributed by atoms with E-state index in [-0.39, 0.29) is 12.0 Å². The van der Waals surface area contributed by atoms with Crippen LogP contribution in [0.15, 0.2) is 24.3 Å². The quantitative estimate of drug-likeness (QED) is 0.822. The molecule has 3 rings (SSSR count). The standard InChI is InChI=1S/C16H22N2O2/c1-17(2)13-10-12-6-3-4-7-14(12)18(11-13)16(19)15-8-5-9-20-15/h3-4,6-7,13,15H,5,8-11H2,1-2H3/t13-,15+/m1/s1. The first-order valence-electron chi connectivity index (χ1n) is 7.34. The first-order chi connectivity index (χ1) is 9.66. The molecule has 0 unspecified atom stereocenters. The number of ether oxygens (including phenoxy) is 1. The second-order valence-electron chi connectivity index (χ2n) is 5.90. The smallest absolute Gasteiger partial charge is 0.256 e. The van der Waals surface area contributed by atoms with Crippen LogP contribution in [0.5, 0.6) is 0 Å². The van der Waals surface area contributed by atoms with E-state index in [1.54, 1.807) is 0 Å². The normalized spacial score (nSPS) is 25.9. The Morgan fingerprint density at radius 2 is 2.15 bits per heavy atom. The van der Waals surface area contributed by atoms with Crippen molar-refractivity contribution in [3.63, 3.8) is 0 Å². The van der Waals surface area contributed by atoms with Gasteiger partial charge >= 0.3 is 0 Å². The number of nitrogens with zero attached hydrogens (tertiary/aromatic N) is 2. The molecule has 108 valence electrons. The van der Waals surface area contributed by atoms with Gasteiger partial charge in [0.05, 0.1) is 0 Å². The minimum atomic E-state index is -0.246. The lowest BCUT2D eigenvalue weighted by atomic mass is 9.96. The Balaban J connectivity index is 1.90. The highest BCUT2D eigenvalue weighted by molar-refractivity contribution is 5.98. The number of rotatable bonds is 2. The Hall–Kier alpha value is -1.39. The zero-order chi connectivity index (χ0) is 14.1. The predicted molar refractivity (Wildman–Crippen MR) is 78.9 cm³/mol. The molecule has 0 N–H and O–H groups in total. The molecule has 0 spiro atoms. The lowest BCUT2D eigenvalue weighted by Crippen LogP contribution is -2.50. The lowest BCUT2D eigenvalue weighted by Gasteiger charge is -2.38. The largest absolute Gasteiger partial charge is 0.368 e. The van der Waals surface area contributed by atoms with E-state index in [1.807, 2.05) is 23.1 Å². The maximum absolute atomic E-state index is 12.7. The van der Waals surface area contributed by atoms with Crippen molar-refractivity contribution in [3.05, 3.63) is 29.8 Å². The van der Waals surface area contributed by atoms with Crippen molar-refractivity contribution in [2.24, 2.45) is 0 Å². The number of amides is 1. The summed E-state index contributed by atoms with van der Waals surface area (Å²) in [5.41, 5.74) is 2.31. The Kier molecular flexibility index (Phi) is 3.76. The highest BCUT2D eigenvalue weighted by atomic mass is 16.5. The average molecular weight is 274 g/mol. The maximum atomic E-state index is 12.7. The molecule has 1 saturated heterocycles. The van der Waals surface area contributed by atoms with Crippen molar-refractivity contribution in [2.75, 3.05) is 32.1 Å². The fraction of sp³-hybridized carbons (Fsp3) is 0.562. The summed E-state index contributed by atoms with van der Waals surface area (Å²) in [6, 6.07) is 8.60. The third kappa shape index (κ3) is 2.45. The number of anilines is 1. The molecule has 0 bridgehead atoms. The molecule has 1 aromatic rings. The van der Waals surface area contributed by atoms with E-state index in [4.69, 9.17) is 4.74 Å². The fourth-order valence-electron chi connectivity index (χ4n) is 3.08. The summed E-state index contributed by atoms with van der Waals surface area (Å²) in [7, 11) is 4.15. The van der Waals surface area contributed by atoms with Gasteiger partial charge in [0, 0.05) is 24.9 Å². The monoisotopic (exact) mass is 274 g/mol. The SMILES string of the molecule is CN(C)[C@@H]1Cc2ccccc2N(C(=O)[C@@H]2CCCO2)C1. The van der Waals surface area contributed by atoms with E-state index < -0.39 is 0 Å². The molecule has 1 aromatic carbocycles. The van der Waals surface area contributed by atoms with Crippen LogP contribution < -0.4 is 4.90 Å². The van der Waals surface area contributed by atoms with E-state index in [2.05, 4.69) is 25.1 Å². The first-order valence-corrected chi connectivity index (χ1v) is 7.34. The molecule has 0 aromatic heterocycles. The molecular weight excluding hydrogens is 252 g/mol. The van der Waals surface area contributed by atoms with Gasteiger partial charge in [-0.3, -0.25) is 4.79 Å². The van der Waals surface area contributed by atoms with Gasteiger partial charge in [-0.05, 0) is 45.0 Å². The van der Waals surface area contributed by atoms with Gasteiger partial charge in [0.25, 0.3) is 5.91 Å². The van der Waals surface area contributed by atoms with Crippen LogP contribution in [-0.4, -0.2) is 50.2 Å². The van der Waals surface area contributed by atoms with E-state index >= 15 is 0 Å².